The zero-order valence-electron chi connectivity index (χ0n) is 14.7. The first-order valence-electron chi connectivity index (χ1n) is 8.88. The molecule has 4 aromatic rings. The maximum atomic E-state index is 11.2. The molecule has 0 aliphatic heterocycles. The molecule has 132 valence electrons. The van der Waals surface area contributed by atoms with Gasteiger partial charge in [0.05, 0.1) is 0 Å². The molecule has 0 bridgehead atoms. The van der Waals surface area contributed by atoms with Crippen molar-refractivity contribution in [2.45, 2.75) is 3.61 Å². The lowest BCUT2D eigenvalue weighted by atomic mass is 9.96. The molecule has 4 rings (SSSR count). The molecule has 2 heteroatoms. The molecule has 0 heterocycles. The fourth-order valence-corrected chi connectivity index (χ4v) is 3.91. The molecule has 0 radical (unpaired) electrons. The molecule has 0 atom stereocenters. The number of aliphatic hydroxyl groups is 1. The average molecular weight is 462 g/mol. The number of alkyl halides is 1. The Balaban J connectivity index is 1.61. The minimum atomic E-state index is -1.07. The van der Waals surface area contributed by atoms with E-state index in [4.69, 9.17) is 0 Å². The average Bonchev–Trinajstić information content (AvgIpc) is 2.75. The molecule has 4 aromatic carbocycles. The zero-order valence-corrected chi connectivity index (χ0v) is 16.9. The van der Waals surface area contributed by atoms with E-state index in [0.29, 0.717) is 0 Å². The molecule has 0 fully saturated rings. The summed E-state index contributed by atoms with van der Waals surface area (Å²) in [6, 6.07) is 36.8. The van der Waals surface area contributed by atoms with Gasteiger partial charge >= 0.3 is 0 Å². The second kappa shape index (κ2) is 7.67. The van der Waals surface area contributed by atoms with Gasteiger partial charge < -0.3 is 5.11 Å². The standard InChI is InChI=1S/C25H19IO/c26-25(27,23-15-11-21(12-16-23)19-7-3-1-4-8-19)24-17-13-22(14-18-24)20-9-5-2-6-10-20/h1-18,27H. The number of benzene rings is 4. The molecule has 0 spiro atoms. The van der Waals surface area contributed by atoms with Crippen LogP contribution < -0.4 is 0 Å². The summed E-state index contributed by atoms with van der Waals surface area (Å²) in [6.07, 6.45) is 0. The van der Waals surface area contributed by atoms with E-state index in [2.05, 4.69) is 71.1 Å². The maximum Gasteiger partial charge on any atom is 0.166 e. The predicted octanol–water partition coefficient (Wildman–Crippen LogP) is 6.65. The molecular weight excluding hydrogens is 443 g/mol. The van der Waals surface area contributed by atoms with Gasteiger partial charge in [0.2, 0.25) is 0 Å². The van der Waals surface area contributed by atoms with Gasteiger partial charge in [0.1, 0.15) is 0 Å². The van der Waals surface area contributed by atoms with Crippen molar-refractivity contribution in [3.63, 3.8) is 0 Å². The molecular formula is C25H19IO. The molecule has 0 saturated carbocycles. The lowest BCUT2D eigenvalue weighted by Crippen LogP contribution is -2.18. The van der Waals surface area contributed by atoms with Crippen LogP contribution in [-0.4, -0.2) is 5.11 Å². The van der Waals surface area contributed by atoms with Gasteiger partial charge in [-0.25, -0.2) is 0 Å². The summed E-state index contributed by atoms with van der Waals surface area (Å²) in [7, 11) is 0. The number of rotatable bonds is 4. The van der Waals surface area contributed by atoms with E-state index in [0.717, 1.165) is 22.3 Å². The van der Waals surface area contributed by atoms with Crippen LogP contribution in [0.3, 0.4) is 0 Å². The lowest BCUT2D eigenvalue weighted by molar-refractivity contribution is 0.200. The molecule has 0 aliphatic rings. The normalized spacial score (nSPS) is 11.3. The van der Waals surface area contributed by atoms with Crippen LogP contribution in [0.5, 0.6) is 0 Å². The summed E-state index contributed by atoms with van der Waals surface area (Å²) in [6.45, 7) is 0. The molecule has 0 amide bonds. The van der Waals surface area contributed by atoms with Crippen LogP contribution in [0.4, 0.5) is 0 Å². The largest absolute Gasteiger partial charge is 0.371 e. The minimum absolute atomic E-state index is 0.871. The third-order valence-electron chi connectivity index (χ3n) is 4.75. The van der Waals surface area contributed by atoms with Gasteiger partial charge in [-0.15, -0.1) is 0 Å². The maximum absolute atomic E-state index is 11.2. The predicted molar refractivity (Wildman–Crippen MR) is 121 cm³/mol. The summed E-state index contributed by atoms with van der Waals surface area (Å²) in [5, 5.41) is 11.2. The van der Waals surface area contributed by atoms with Crippen LogP contribution in [0.25, 0.3) is 22.3 Å². The van der Waals surface area contributed by atoms with Crippen LogP contribution >= 0.6 is 22.6 Å². The van der Waals surface area contributed by atoms with Crippen molar-refractivity contribution in [3.05, 3.63) is 120 Å². The Hall–Kier alpha value is -2.43. The summed E-state index contributed by atoms with van der Waals surface area (Å²) >= 11 is 2.12. The summed E-state index contributed by atoms with van der Waals surface area (Å²) < 4.78 is -1.07. The molecule has 0 unspecified atom stereocenters. The van der Waals surface area contributed by atoms with Gasteiger partial charge in [-0.05, 0) is 56.0 Å². The second-order valence-corrected chi connectivity index (χ2v) is 8.07. The fourth-order valence-electron chi connectivity index (χ4n) is 3.19. The van der Waals surface area contributed by atoms with Crippen molar-refractivity contribution in [1.82, 2.24) is 0 Å². The molecule has 0 aliphatic carbocycles. The smallest absolute Gasteiger partial charge is 0.166 e. The third kappa shape index (κ3) is 3.82. The zero-order chi connectivity index (χ0) is 18.7. The van der Waals surface area contributed by atoms with E-state index in [-0.39, 0.29) is 0 Å². The topological polar surface area (TPSA) is 20.2 Å². The van der Waals surface area contributed by atoms with Crippen LogP contribution in [0, 0.1) is 0 Å². The quantitative estimate of drug-likeness (QED) is 0.266. The highest BCUT2D eigenvalue weighted by atomic mass is 127. The molecule has 1 nitrogen and oxygen atoms in total. The van der Waals surface area contributed by atoms with Crippen molar-refractivity contribution in [2.24, 2.45) is 0 Å². The van der Waals surface area contributed by atoms with Gasteiger partial charge in [0.15, 0.2) is 3.61 Å². The Labute approximate surface area is 173 Å². The number of hydrogen-bond acceptors (Lipinski definition) is 1. The highest BCUT2D eigenvalue weighted by Crippen LogP contribution is 2.38. The highest BCUT2D eigenvalue weighted by molar-refractivity contribution is 14.1. The lowest BCUT2D eigenvalue weighted by Gasteiger charge is -2.23. The fraction of sp³-hybridized carbons (Fsp3) is 0.0400. The van der Waals surface area contributed by atoms with Gasteiger partial charge in [0.25, 0.3) is 0 Å². The molecule has 27 heavy (non-hydrogen) atoms. The Morgan fingerprint density at radius 1 is 0.444 bits per heavy atom. The van der Waals surface area contributed by atoms with Gasteiger partial charge in [-0.1, -0.05) is 109 Å². The Morgan fingerprint density at radius 3 is 1.07 bits per heavy atom. The first kappa shape index (κ1) is 18.0. The summed E-state index contributed by atoms with van der Waals surface area (Å²) in [4.78, 5) is 0. The van der Waals surface area contributed by atoms with Crippen LogP contribution in [0.2, 0.25) is 0 Å². The van der Waals surface area contributed by atoms with Gasteiger partial charge in [0, 0.05) is 0 Å². The van der Waals surface area contributed by atoms with Crippen molar-refractivity contribution < 1.29 is 5.11 Å². The van der Waals surface area contributed by atoms with E-state index >= 15 is 0 Å². The van der Waals surface area contributed by atoms with E-state index in [9.17, 15) is 5.11 Å². The monoisotopic (exact) mass is 462 g/mol. The molecule has 1 N–H and O–H groups in total. The van der Waals surface area contributed by atoms with Gasteiger partial charge in [-0.3, -0.25) is 0 Å². The number of hydrogen-bond donors (Lipinski definition) is 1. The summed E-state index contributed by atoms with van der Waals surface area (Å²) in [5.74, 6) is 0. The minimum Gasteiger partial charge on any atom is -0.371 e. The Kier molecular flexibility index (Phi) is 5.10. The third-order valence-corrected chi connectivity index (χ3v) is 5.99. The van der Waals surface area contributed by atoms with E-state index in [1.807, 2.05) is 60.7 Å². The number of halogens is 1. The molecule has 0 saturated heterocycles. The van der Waals surface area contributed by atoms with Crippen molar-refractivity contribution in [3.8, 4) is 22.3 Å². The second-order valence-electron chi connectivity index (χ2n) is 6.51. The van der Waals surface area contributed by atoms with E-state index in [1.54, 1.807) is 0 Å². The van der Waals surface area contributed by atoms with Crippen LogP contribution in [0.15, 0.2) is 109 Å². The van der Waals surface area contributed by atoms with Gasteiger partial charge in [-0.2, -0.15) is 0 Å². The van der Waals surface area contributed by atoms with E-state index in [1.165, 1.54) is 11.1 Å². The van der Waals surface area contributed by atoms with Crippen LogP contribution in [-0.2, 0) is 3.61 Å². The Morgan fingerprint density at radius 2 is 0.741 bits per heavy atom. The van der Waals surface area contributed by atoms with E-state index < -0.39 is 3.61 Å². The van der Waals surface area contributed by atoms with Crippen molar-refractivity contribution >= 4 is 22.6 Å². The first-order chi connectivity index (χ1) is 13.1. The van der Waals surface area contributed by atoms with Crippen LogP contribution in [0.1, 0.15) is 11.1 Å². The summed E-state index contributed by atoms with van der Waals surface area (Å²) in [5.41, 5.74) is 6.38. The SMILES string of the molecule is OC(I)(c1ccc(-c2ccccc2)cc1)c1ccc(-c2ccccc2)cc1. The Bertz CT molecular complexity index is 920. The van der Waals surface area contributed by atoms with Crippen molar-refractivity contribution in [2.75, 3.05) is 0 Å². The van der Waals surface area contributed by atoms with Crippen molar-refractivity contribution in [1.29, 1.82) is 0 Å². The molecule has 0 aromatic heterocycles. The highest BCUT2D eigenvalue weighted by Gasteiger charge is 2.27. The first-order valence-corrected chi connectivity index (χ1v) is 9.96.